The van der Waals surface area contributed by atoms with E-state index in [-0.39, 0.29) is 25.4 Å². The van der Waals surface area contributed by atoms with Crippen LogP contribution in [-0.2, 0) is 35.2 Å². The highest BCUT2D eigenvalue weighted by atomic mass is 16.6. The number of hydrogen-bond donors (Lipinski definition) is 2. The van der Waals surface area contributed by atoms with Crippen LogP contribution >= 0.6 is 0 Å². The summed E-state index contributed by atoms with van der Waals surface area (Å²) in [7, 11) is 0. The summed E-state index contributed by atoms with van der Waals surface area (Å²) in [4.78, 5) is 50.5. The number of alkyl carbamates (subject to hydrolysis) is 1. The monoisotopic (exact) mass is 506 g/mol. The van der Waals surface area contributed by atoms with Gasteiger partial charge in [0, 0.05) is 6.42 Å². The molecule has 0 aromatic heterocycles. The van der Waals surface area contributed by atoms with Crippen LogP contribution in [-0.4, -0.2) is 47.2 Å². The van der Waals surface area contributed by atoms with E-state index in [1.165, 1.54) is 0 Å². The maximum Gasteiger partial charge on any atom is 0.408 e. The first-order chi connectivity index (χ1) is 16.6. The molecule has 36 heavy (non-hydrogen) atoms. The van der Waals surface area contributed by atoms with Crippen LogP contribution in [0.5, 0.6) is 0 Å². The molecule has 0 saturated heterocycles. The molecule has 0 fully saturated rings. The minimum absolute atomic E-state index is 0.0284. The molecule has 3 atom stereocenters. The molecule has 1 aromatic carbocycles. The molecule has 9 heteroatoms. The fourth-order valence-corrected chi connectivity index (χ4v) is 3.08. The number of hydrogen-bond acceptors (Lipinski definition) is 7. The summed E-state index contributed by atoms with van der Waals surface area (Å²) >= 11 is 0. The van der Waals surface area contributed by atoms with Crippen molar-refractivity contribution in [3.63, 3.8) is 0 Å². The number of ether oxygens (including phenoxy) is 3. The highest BCUT2D eigenvalue weighted by Gasteiger charge is 2.32. The fourth-order valence-electron chi connectivity index (χ4n) is 3.08. The average Bonchev–Trinajstić information content (AvgIpc) is 2.76. The summed E-state index contributed by atoms with van der Waals surface area (Å²) in [5.74, 6) is -1.80. The zero-order valence-corrected chi connectivity index (χ0v) is 22.8. The van der Waals surface area contributed by atoms with Gasteiger partial charge >= 0.3 is 18.0 Å². The third-order valence-corrected chi connectivity index (χ3v) is 5.05. The van der Waals surface area contributed by atoms with E-state index in [1.807, 2.05) is 32.0 Å². The summed E-state index contributed by atoms with van der Waals surface area (Å²) in [6.07, 6.45) is -0.317. The molecule has 0 aliphatic carbocycles. The third kappa shape index (κ3) is 12.6. The molecule has 0 saturated carbocycles. The number of rotatable bonds is 11. The van der Waals surface area contributed by atoms with Gasteiger partial charge in [0.15, 0.2) is 0 Å². The van der Waals surface area contributed by atoms with E-state index < -0.39 is 47.2 Å². The van der Waals surface area contributed by atoms with Gasteiger partial charge in [-0.3, -0.25) is 4.79 Å². The zero-order chi connectivity index (χ0) is 27.5. The van der Waals surface area contributed by atoms with Gasteiger partial charge in [0.1, 0.15) is 29.9 Å². The zero-order valence-electron chi connectivity index (χ0n) is 22.8. The van der Waals surface area contributed by atoms with E-state index in [1.54, 1.807) is 53.7 Å². The predicted molar refractivity (Wildman–Crippen MR) is 136 cm³/mol. The summed E-state index contributed by atoms with van der Waals surface area (Å²) < 4.78 is 16.1. The molecule has 0 heterocycles. The molecule has 1 rings (SSSR count). The van der Waals surface area contributed by atoms with Gasteiger partial charge in [-0.1, -0.05) is 50.6 Å². The van der Waals surface area contributed by atoms with Gasteiger partial charge < -0.3 is 24.8 Å². The van der Waals surface area contributed by atoms with Crippen LogP contribution in [0.1, 0.15) is 80.2 Å². The van der Waals surface area contributed by atoms with Gasteiger partial charge in [-0.25, -0.2) is 14.4 Å². The molecule has 2 amide bonds. The van der Waals surface area contributed by atoms with E-state index in [9.17, 15) is 19.2 Å². The Balaban J connectivity index is 2.83. The molecule has 0 bridgehead atoms. The minimum Gasteiger partial charge on any atom is -0.458 e. The van der Waals surface area contributed by atoms with Gasteiger partial charge in [-0.05, 0) is 59.4 Å². The molecule has 0 aliphatic heterocycles. The first-order valence-electron chi connectivity index (χ1n) is 12.3. The summed E-state index contributed by atoms with van der Waals surface area (Å²) in [5.41, 5.74) is -0.690. The molecule has 0 radical (unpaired) electrons. The topological polar surface area (TPSA) is 120 Å². The molecule has 1 aromatic rings. The number of esters is 2. The lowest BCUT2D eigenvalue weighted by Gasteiger charge is -2.28. The van der Waals surface area contributed by atoms with Gasteiger partial charge in [0.25, 0.3) is 0 Å². The highest BCUT2D eigenvalue weighted by Crippen LogP contribution is 2.16. The Morgan fingerprint density at radius 3 is 1.94 bits per heavy atom. The van der Waals surface area contributed by atoms with E-state index in [2.05, 4.69) is 10.6 Å². The Kier molecular flexibility index (Phi) is 11.9. The van der Waals surface area contributed by atoms with Crippen molar-refractivity contribution in [2.24, 2.45) is 5.92 Å². The lowest BCUT2D eigenvalue weighted by Crippen LogP contribution is -2.49. The van der Waals surface area contributed by atoms with Crippen molar-refractivity contribution in [3.05, 3.63) is 35.9 Å². The van der Waals surface area contributed by atoms with Crippen LogP contribution in [0.15, 0.2) is 30.3 Å². The molecular weight excluding hydrogens is 464 g/mol. The molecule has 0 aliphatic rings. The normalized spacial score (nSPS) is 14.1. The van der Waals surface area contributed by atoms with Gasteiger partial charge in [0.05, 0.1) is 0 Å². The van der Waals surface area contributed by atoms with E-state index in [4.69, 9.17) is 14.2 Å². The van der Waals surface area contributed by atoms with Crippen LogP contribution in [0, 0.1) is 5.92 Å². The second-order valence-electron chi connectivity index (χ2n) is 10.8. The largest absolute Gasteiger partial charge is 0.458 e. The summed E-state index contributed by atoms with van der Waals surface area (Å²) in [6, 6.07) is 7.17. The Labute approximate surface area is 214 Å². The van der Waals surface area contributed by atoms with Crippen LogP contribution in [0.3, 0.4) is 0 Å². The predicted octanol–water partition coefficient (Wildman–Crippen LogP) is 4.28. The molecule has 0 unspecified atom stereocenters. The number of nitrogens with one attached hydrogen (secondary N) is 2. The van der Waals surface area contributed by atoms with Crippen LogP contribution in [0.25, 0.3) is 0 Å². The third-order valence-electron chi connectivity index (χ3n) is 5.05. The van der Waals surface area contributed by atoms with Crippen LogP contribution in [0.4, 0.5) is 4.79 Å². The molecule has 202 valence electrons. The van der Waals surface area contributed by atoms with Crippen molar-refractivity contribution in [2.75, 3.05) is 0 Å². The summed E-state index contributed by atoms with van der Waals surface area (Å²) in [5, 5.41) is 5.22. The van der Waals surface area contributed by atoms with Crippen LogP contribution < -0.4 is 10.6 Å². The summed E-state index contributed by atoms with van der Waals surface area (Å²) in [6.45, 7) is 14.2. The Hall–Kier alpha value is -3.10. The lowest BCUT2D eigenvalue weighted by molar-refractivity contribution is -0.161. The van der Waals surface area contributed by atoms with Crippen molar-refractivity contribution in [3.8, 4) is 0 Å². The Morgan fingerprint density at radius 1 is 0.861 bits per heavy atom. The maximum absolute atomic E-state index is 12.7. The van der Waals surface area contributed by atoms with E-state index >= 15 is 0 Å². The molecule has 9 nitrogen and oxygen atoms in total. The average molecular weight is 507 g/mol. The Bertz CT molecular complexity index is 872. The first-order valence-corrected chi connectivity index (χ1v) is 12.3. The SMILES string of the molecule is CC[C@H](C)[C@H](NC(=O)CC[C@H](NC(=O)OCc1ccccc1)C(=O)OC(C)(C)C)C(=O)OC(C)(C)C. The standard InChI is InChI=1S/C27H42N2O7/c1-9-18(2)22(24(32)36-27(6,7)8)29-21(30)16-15-20(23(31)35-26(3,4)5)28-25(33)34-17-19-13-11-10-12-14-19/h10-14,18,20,22H,9,15-17H2,1-8H3,(H,28,33)(H,29,30)/t18-,20-,22-/m0/s1. The first kappa shape index (κ1) is 30.9. The molecule has 0 spiro atoms. The van der Waals surface area contributed by atoms with Gasteiger partial charge in [-0.15, -0.1) is 0 Å². The smallest absolute Gasteiger partial charge is 0.408 e. The van der Waals surface area contributed by atoms with Crippen molar-refractivity contribution in [1.82, 2.24) is 10.6 Å². The fraction of sp³-hybridized carbons (Fsp3) is 0.630. The van der Waals surface area contributed by atoms with Gasteiger partial charge in [0.2, 0.25) is 5.91 Å². The van der Waals surface area contributed by atoms with Crippen molar-refractivity contribution >= 4 is 23.9 Å². The van der Waals surface area contributed by atoms with E-state index in [0.29, 0.717) is 6.42 Å². The van der Waals surface area contributed by atoms with Crippen LogP contribution in [0.2, 0.25) is 0 Å². The van der Waals surface area contributed by atoms with Crippen molar-refractivity contribution in [1.29, 1.82) is 0 Å². The highest BCUT2D eigenvalue weighted by molar-refractivity contribution is 5.86. The number of benzene rings is 1. The minimum atomic E-state index is -1.11. The number of carbonyl (C=O) groups is 4. The van der Waals surface area contributed by atoms with Crippen molar-refractivity contribution in [2.45, 2.75) is 105 Å². The quantitative estimate of drug-likeness (QED) is 0.340. The molecular formula is C27H42N2O7. The second-order valence-corrected chi connectivity index (χ2v) is 10.8. The van der Waals surface area contributed by atoms with Crippen molar-refractivity contribution < 1.29 is 33.4 Å². The number of amides is 2. The Morgan fingerprint density at radius 2 is 1.42 bits per heavy atom. The number of carbonyl (C=O) groups excluding carboxylic acids is 4. The maximum atomic E-state index is 12.7. The van der Waals surface area contributed by atoms with E-state index in [0.717, 1.165) is 5.56 Å². The lowest BCUT2D eigenvalue weighted by atomic mass is 9.98. The second kappa shape index (κ2) is 13.8. The van der Waals surface area contributed by atoms with Gasteiger partial charge in [-0.2, -0.15) is 0 Å². The molecule has 2 N–H and O–H groups in total.